The van der Waals surface area contributed by atoms with Gasteiger partial charge in [0.2, 0.25) is 0 Å². The molecule has 0 radical (unpaired) electrons. The largest absolute Gasteiger partial charge is 0.455 e. The van der Waals surface area contributed by atoms with Crippen LogP contribution in [0.1, 0.15) is 0 Å². The lowest BCUT2D eigenvalue weighted by atomic mass is 10.3. The SMILES string of the molecule is Brc1cccc(Oc2cnsc2)c1. The molecule has 13 heavy (non-hydrogen) atoms. The number of ether oxygens (including phenoxy) is 1. The maximum Gasteiger partial charge on any atom is 0.158 e. The van der Waals surface area contributed by atoms with Crippen molar-refractivity contribution in [3.05, 3.63) is 40.3 Å². The summed E-state index contributed by atoms with van der Waals surface area (Å²) < 4.78 is 10.5. The maximum absolute atomic E-state index is 5.52. The first kappa shape index (κ1) is 8.72. The average Bonchev–Trinajstić information content (AvgIpc) is 2.57. The van der Waals surface area contributed by atoms with Crippen molar-refractivity contribution in [3.63, 3.8) is 0 Å². The number of halogens is 1. The number of rotatable bonds is 2. The molecule has 0 saturated carbocycles. The summed E-state index contributed by atoms with van der Waals surface area (Å²) >= 11 is 4.75. The van der Waals surface area contributed by atoms with E-state index in [1.54, 1.807) is 6.20 Å². The molecule has 0 unspecified atom stereocenters. The Balaban J connectivity index is 2.19. The standard InChI is InChI=1S/C9H6BrNOS/c10-7-2-1-3-8(4-7)12-9-5-11-13-6-9/h1-6H. The summed E-state index contributed by atoms with van der Waals surface area (Å²) in [5, 5.41) is 1.86. The molecule has 66 valence electrons. The van der Waals surface area contributed by atoms with Crippen LogP contribution in [0.5, 0.6) is 11.5 Å². The van der Waals surface area contributed by atoms with Gasteiger partial charge >= 0.3 is 0 Å². The van der Waals surface area contributed by atoms with Crippen molar-refractivity contribution in [2.24, 2.45) is 0 Å². The van der Waals surface area contributed by atoms with Gasteiger partial charge in [0.1, 0.15) is 5.75 Å². The van der Waals surface area contributed by atoms with Crippen LogP contribution in [-0.4, -0.2) is 4.37 Å². The normalized spacial score (nSPS) is 9.92. The van der Waals surface area contributed by atoms with Gasteiger partial charge in [0, 0.05) is 4.47 Å². The number of benzene rings is 1. The van der Waals surface area contributed by atoms with Crippen LogP contribution in [0.4, 0.5) is 0 Å². The summed E-state index contributed by atoms with van der Waals surface area (Å²) in [7, 11) is 0. The van der Waals surface area contributed by atoms with Gasteiger partial charge in [0.05, 0.1) is 11.6 Å². The van der Waals surface area contributed by atoms with Crippen molar-refractivity contribution in [2.45, 2.75) is 0 Å². The van der Waals surface area contributed by atoms with E-state index < -0.39 is 0 Å². The van der Waals surface area contributed by atoms with Crippen molar-refractivity contribution in [1.29, 1.82) is 0 Å². The number of hydrogen-bond donors (Lipinski definition) is 0. The molecular formula is C9H6BrNOS. The van der Waals surface area contributed by atoms with Gasteiger partial charge in [-0.3, -0.25) is 0 Å². The van der Waals surface area contributed by atoms with Crippen molar-refractivity contribution >= 4 is 27.5 Å². The lowest BCUT2D eigenvalue weighted by Crippen LogP contribution is -1.80. The molecular weight excluding hydrogens is 250 g/mol. The first-order chi connectivity index (χ1) is 6.34. The van der Waals surface area contributed by atoms with Gasteiger partial charge < -0.3 is 4.74 Å². The molecule has 0 bridgehead atoms. The predicted molar refractivity (Wildman–Crippen MR) is 56.3 cm³/mol. The number of aromatic nitrogens is 1. The van der Waals surface area contributed by atoms with Gasteiger partial charge in [-0.1, -0.05) is 22.0 Å². The molecule has 0 aliphatic carbocycles. The minimum absolute atomic E-state index is 0.781. The first-order valence-electron chi connectivity index (χ1n) is 3.67. The molecule has 2 aromatic rings. The fraction of sp³-hybridized carbons (Fsp3) is 0. The molecule has 0 N–H and O–H groups in total. The van der Waals surface area contributed by atoms with E-state index in [0.29, 0.717) is 0 Å². The van der Waals surface area contributed by atoms with Crippen LogP contribution in [0.2, 0.25) is 0 Å². The van der Waals surface area contributed by atoms with Crippen LogP contribution in [0, 0.1) is 0 Å². The molecule has 4 heteroatoms. The Hall–Kier alpha value is -0.870. The maximum atomic E-state index is 5.52. The van der Waals surface area contributed by atoms with Crippen molar-refractivity contribution in [3.8, 4) is 11.5 Å². The quantitative estimate of drug-likeness (QED) is 0.817. The summed E-state index contributed by atoms with van der Waals surface area (Å²) in [6.45, 7) is 0. The van der Waals surface area contributed by atoms with E-state index in [4.69, 9.17) is 4.74 Å². The average molecular weight is 256 g/mol. The van der Waals surface area contributed by atoms with Gasteiger partial charge in [-0.2, -0.15) is 4.37 Å². The predicted octanol–water partition coefficient (Wildman–Crippen LogP) is 3.70. The Bertz CT molecular complexity index is 388. The molecule has 0 aliphatic rings. The van der Waals surface area contributed by atoms with Gasteiger partial charge in [-0.15, -0.1) is 0 Å². The smallest absolute Gasteiger partial charge is 0.158 e. The molecule has 1 aromatic heterocycles. The number of hydrogen-bond acceptors (Lipinski definition) is 3. The van der Waals surface area contributed by atoms with E-state index in [1.807, 2.05) is 29.6 Å². The summed E-state index contributed by atoms with van der Waals surface area (Å²) in [4.78, 5) is 0. The van der Waals surface area contributed by atoms with E-state index in [0.717, 1.165) is 16.0 Å². The van der Waals surface area contributed by atoms with Gasteiger partial charge in [-0.05, 0) is 29.7 Å². The third-order valence-electron chi connectivity index (χ3n) is 1.44. The van der Waals surface area contributed by atoms with Crippen molar-refractivity contribution in [2.75, 3.05) is 0 Å². The zero-order chi connectivity index (χ0) is 9.10. The minimum atomic E-state index is 0.781. The highest BCUT2D eigenvalue weighted by atomic mass is 79.9. The Labute approximate surface area is 88.5 Å². The van der Waals surface area contributed by atoms with Crippen molar-refractivity contribution in [1.82, 2.24) is 4.37 Å². The molecule has 0 atom stereocenters. The lowest BCUT2D eigenvalue weighted by Gasteiger charge is -2.01. The molecule has 0 saturated heterocycles. The molecule has 2 rings (SSSR count). The summed E-state index contributed by atoms with van der Waals surface area (Å²) in [6.07, 6.45) is 1.70. The van der Waals surface area contributed by atoms with Crippen LogP contribution in [0.15, 0.2) is 40.3 Å². The molecule has 1 aromatic carbocycles. The fourth-order valence-corrected chi connectivity index (χ4v) is 1.73. The molecule has 1 heterocycles. The topological polar surface area (TPSA) is 22.1 Å². The highest BCUT2D eigenvalue weighted by Crippen LogP contribution is 2.24. The Morgan fingerprint density at radius 2 is 2.23 bits per heavy atom. The zero-order valence-electron chi connectivity index (χ0n) is 6.61. The Morgan fingerprint density at radius 3 is 2.92 bits per heavy atom. The number of nitrogens with zero attached hydrogens (tertiary/aromatic N) is 1. The van der Waals surface area contributed by atoms with E-state index >= 15 is 0 Å². The van der Waals surface area contributed by atoms with Crippen LogP contribution in [-0.2, 0) is 0 Å². The monoisotopic (exact) mass is 255 g/mol. The Kier molecular flexibility index (Phi) is 2.61. The van der Waals surface area contributed by atoms with Crippen molar-refractivity contribution < 1.29 is 4.74 Å². The molecule has 2 nitrogen and oxygen atoms in total. The van der Waals surface area contributed by atoms with E-state index in [2.05, 4.69) is 20.3 Å². The third kappa shape index (κ3) is 2.29. The molecule has 0 aliphatic heterocycles. The van der Waals surface area contributed by atoms with E-state index in [-0.39, 0.29) is 0 Å². The van der Waals surface area contributed by atoms with Crippen LogP contribution < -0.4 is 4.74 Å². The first-order valence-corrected chi connectivity index (χ1v) is 5.30. The second kappa shape index (κ2) is 3.89. The van der Waals surface area contributed by atoms with E-state index in [1.165, 1.54) is 11.5 Å². The second-order valence-corrected chi connectivity index (χ2v) is 3.99. The molecule has 0 fully saturated rings. The highest BCUT2D eigenvalue weighted by Gasteiger charge is 1.97. The fourth-order valence-electron chi connectivity index (χ4n) is 0.912. The molecule has 0 amide bonds. The van der Waals surface area contributed by atoms with Crippen LogP contribution >= 0.6 is 27.5 Å². The van der Waals surface area contributed by atoms with Crippen LogP contribution in [0.3, 0.4) is 0 Å². The Morgan fingerprint density at radius 1 is 1.31 bits per heavy atom. The minimum Gasteiger partial charge on any atom is -0.455 e. The summed E-state index contributed by atoms with van der Waals surface area (Å²) in [5.41, 5.74) is 0. The summed E-state index contributed by atoms with van der Waals surface area (Å²) in [6, 6.07) is 7.71. The lowest BCUT2D eigenvalue weighted by molar-refractivity contribution is 0.483. The van der Waals surface area contributed by atoms with E-state index in [9.17, 15) is 0 Å². The van der Waals surface area contributed by atoms with Crippen LogP contribution in [0.25, 0.3) is 0 Å². The zero-order valence-corrected chi connectivity index (χ0v) is 9.01. The van der Waals surface area contributed by atoms with Gasteiger partial charge in [-0.25, -0.2) is 0 Å². The highest BCUT2D eigenvalue weighted by molar-refractivity contribution is 9.10. The van der Waals surface area contributed by atoms with Gasteiger partial charge in [0.25, 0.3) is 0 Å². The second-order valence-electron chi connectivity index (χ2n) is 2.42. The third-order valence-corrected chi connectivity index (χ3v) is 2.50. The van der Waals surface area contributed by atoms with Gasteiger partial charge in [0.15, 0.2) is 5.75 Å². The summed E-state index contributed by atoms with van der Waals surface area (Å²) in [5.74, 6) is 1.60. The molecule has 0 spiro atoms.